The Morgan fingerprint density at radius 1 is 1.53 bits per heavy atom. The van der Waals surface area contributed by atoms with Gasteiger partial charge in [-0.1, -0.05) is 17.7 Å². The predicted molar refractivity (Wildman–Crippen MR) is 56.8 cm³/mol. The second-order valence-electron chi connectivity index (χ2n) is 3.38. The van der Waals surface area contributed by atoms with Crippen LogP contribution in [0.3, 0.4) is 0 Å². The first-order valence-electron chi connectivity index (χ1n) is 4.61. The summed E-state index contributed by atoms with van der Waals surface area (Å²) >= 11 is 5.65. The van der Waals surface area contributed by atoms with Gasteiger partial charge in [-0.15, -0.1) is 0 Å². The molecule has 0 N–H and O–H groups in total. The van der Waals surface area contributed by atoms with Crippen LogP contribution in [0.25, 0.3) is 0 Å². The van der Waals surface area contributed by atoms with Crippen LogP contribution < -0.4 is 0 Å². The van der Waals surface area contributed by atoms with E-state index in [1.807, 2.05) is 13.8 Å². The highest BCUT2D eigenvalue weighted by atomic mass is 35.5. The molecule has 82 valence electrons. The SMILES string of the molecule is CC(C)OCC(=O)c1cccc(F)c1Cl. The lowest BCUT2D eigenvalue weighted by Crippen LogP contribution is -2.14. The van der Waals surface area contributed by atoms with Crippen molar-refractivity contribution in [2.24, 2.45) is 0 Å². The Bertz CT molecular complexity index is 364. The largest absolute Gasteiger partial charge is 0.371 e. The normalized spacial score (nSPS) is 10.7. The number of carbonyl (C=O) groups excluding carboxylic acids is 1. The maximum absolute atomic E-state index is 13.0. The number of Topliss-reactive ketones (excluding diaryl/α,β-unsaturated/α-hetero) is 1. The topological polar surface area (TPSA) is 26.3 Å². The predicted octanol–water partition coefficient (Wildman–Crippen LogP) is 3.09. The fourth-order valence-electron chi connectivity index (χ4n) is 1.04. The lowest BCUT2D eigenvalue weighted by atomic mass is 10.1. The van der Waals surface area contributed by atoms with Crippen molar-refractivity contribution in [3.8, 4) is 0 Å². The minimum absolute atomic E-state index is 0.0405. The van der Waals surface area contributed by atoms with Crippen LogP contribution in [-0.4, -0.2) is 18.5 Å². The molecule has 0 heterocycles. The average molecular weight is 231 g/mol. The molecule has 0 aromatic heterocycles. The first-order chi connectivity index (χ1) is 7.02. The molecule has 4 heteroatoms. The molecule has 0 atom stereocenters. The van der Waals surface area contributed by atoms with Crippen molar-refractivity contribution in [3.05, 3.63) is 34.6 Å². The monoisotopic (exact) mass is 230 g/mol. The highest BCUT2D eigenvalue weighted by Crippen LogP contribution is 2.20. The quantitative estimate of drug-likeness (QED) is 0.743. The molecule has 1 rings (SSSR count). The van der Waals surface area contributed by atoms with Crippen LogP contribution in [0.4, 0.5) is 4.39 Å². The number of ketones is 1. The summed E-state index contributed by atoms with van der Waals surface area (Å²) in [7, 11) is 0. The van der Waals surface area contributed by atoms with Gasteiger partial charge in [0.05, 0.1) is 11.1 Å². The highest BCUT2D eigenvalue weighted by Gasteiger charge is 2.13. The molecule has 0 fully saturated rings. The lowest BCUT2D eigenvalue weighted by molar-refractivity contribution is 0.0584. The number of benzene rings is 1. The fraction of sp³-hybridized carbons (Fsp3) is 0.364. The number of carbonyl (C=O) groups is 1. The summed E-state index contributed by atoms with van der Waals surface area (Å²) in [6.45, 7) is 3.56. The second-order valence-corrected chi connectivity index (χ2v) is 3.76. The van der Waals surface area contributed by atoms with E-state index in [4.69, 9.17) is 16.3 Å². The molecule has 0 saturated heterocycles. The van der Waals surface area contributed by atoms with E-state index in [0.717, 1.165) is 0 Å². The smallest absolute Gasteiger partial charge is 0.190 e. The number of hydrogen-bond acceptors (Lipinski definition) is 2. The summed E-state index contributed by atoms with van der Waals surface area (Å²) < 4.78 is 18.1. The molecule has 0 aliphatic heterocycles. The number of halogens is 2. The minimum Gasteiger partial charge on any atom is -0.371 e. The Kier molecular flexibility index (Phi) is 4.24. The Balaban J connectivity index is 2.78. The van der Waals surface area contributed by atoms with Crippen LogP contribution in [0.5, 0.6) is 0 Å². The number of rotatable bonds is 4. The zero-order chi connectivity index (χ0) is 11.4. The molecule has 0 spiro atoms. The van der Waals surface area contributed by atoms with Crippen molar-refractivity contribution < 1.29 is 13.9 Å². The molecule has 0 aliphatic carbocycles. The van der Waals surface area contributed by atoms with Crippen LogP contribution in [0, 0.1) is 5.82 Å². The molecule has 15 heavy (non-hydrogen) atoms. The third-order valence-electron chi connectivity index (χ3n) is 1.80. The van der Waals surface area contributed by atoms with Crippen molar-refractivity contribution in [1.82, 2.24) is 0 Å². The van der Waals surface area contributed by atoms with Crippen LogP contribution >= 0.6 is 11.6 Å². The van der Waals surface area contributed by atoms with E-state index in [1.54, 1.807) is 0 Å². The van der Waals surface area contributed by atoms with E-state index < -0.39 is 5.82 Å². The van der Waals surface area contributed by atoms with E-state index in [-0.39, 0.29) is 29.1 Å². The molecule has 0 radical (unpaired) electrons. The molecule has 0 aliphatic rings. The van der Waals surface area contributed by atoms with Crippen LogP contribution in [0.2, 0.25) is 5.02 Å². The lowest BCUT2D eigenvalue weighted by Gasteiger charge is -2.07. The molecule has 2 nitrogen and oxygen atoms in total. The zero-order valence-corrected chi connectivity index (χ0v) is 9.34. The van der Waals surface area contributed by atoms with Gasteiger partial charge in [0, 0.05) is 5.56 Å². The van der Waals surface area contributed by atoms with Crippen molar-refractivity contribution >= 4 is 17.4 Å². The van der Waals surface area contributed by atoms with Crippen molar-refractivity contribution in [2.75, 3.05) is 6.61 Å². The maximum atomic E-state index is 13.0. The van der Waals surface area contributed by atoms with Gasteiger partial charge in [0.2, 0.25) is 0 Å². The van der Waals surface area contributed by atoms with Crippen LogP contribution in [0.15, 0.2) is 18.2 Å². The van der Waals surface area contributed by atoms with Gasteiger partial charge in [-0.3, -0.25) is 4.79 Å². The minimum atomic E-state index is -0.591. The van der Waals surface area contributed by atoms with Gasteiger partial charge in [-0.05, 0) is 26.0 Å². The van der Waals surface area contributed by atoms with Gasteiger partial charge in [-0.2, -0.15) is 0 Å². The Morgan fingerprint density at radius 2 is 2.20 bits per heavy atom. The van der Waals surface area contributed by atoms with Crippen LogP contribution in [0.1, 0.15) is 24.2 Å². The second kappa shape index (κ2) is 5.24. The molecule has 0 amide bonds. The van der Waals surface area contributed by atoms with Gasteiger partial charge in [0.1, 0.15) is 12.4 Å². The van der Waals surface area contributed by atoms with Gasteiger partial charge < -0.3 is 4.74 Å². The summed E-state index contributed by atoms with van der Waals surface area (Å²) in [6, 6.07) is 4.14. The van der Waals surface area contributed by atoms with Gasteiger partial charge in [0.25, 0.3) is 0 Å². The summed E-state index contributed by atoms with van der Waals surface area (Å²) in [5, 5.41) is -0.144. The standard InChI is InChI=1S/C11H12ClFO2/c1-7(2)15-6-10(14)8-4-3-5-9(13)11(8)12/h3-5,7H,6H2,1-2H3. The summed E-state index contributed by atoms with van der Waals surface area (Å²) in [5.41, 5.74) is 0.164. The average Bonchev–Trinajstić information content (AvgIpc) is 2.18. The highest BCUT2D eigenvalue weighted by molar-refractivity contribution is 6.34. The third kappa shape index (κ3) is 3.29. The molecular formula is C11H12ClFO2. The van der Waals surface area contributed by atoms with Crippen LogP contribution in [-0.2, 0) is 4.74 Å². The third-order valence-corrected chi connectivity index (χ3v) is 2.18. The van der Waals surface area contributed by atoms with Crippen molar-refractivity contribution in [1.29, 1.82) is 0 Å². The van der Waals surface area contributed by atoms with Crippen molar-refractivity contribution in [3.63, 3.8) is 0 Å². The molecule has 0 unspecified atom stereocenters. The Labute approximate surface area is 93.0 Å². The van der Waals surface area contributed by atoms with E-state index in [1.165, 1.54) is 18.2 Å². The maximum Gasteiger partial charge on any atom is 0.190 e. The van der Waals surface area contributed by atoms with E-state index in [9.17, 15) is 9.18 Å². The number of hydrogen-bond donors (Lipinski definition) is 0. The Morgan fingerprint density at radius 3 is 2.80 bits per heavy atom. The molecule has 0 saturated carbocycles. The summed E-state index contributed by atoms with van der Waals surface area (Å²) in [4.78, 5) is 11.5. The van der Waals surface area contributed by atoms with E-state index in [2.05, 4.69) is 0 Å². The summed E-state index contributed by atoms with van der Waals surface area (Å²) in [6.07, 6.45) is -0.0405. The zero-order valence-electron chi connectivity index (χ0n) is 8.59. The van der Waals surface area contributed by atoms with E-state index >= 15 is 0 Å². The first-order valence-corrected chi connectivity index (χ1v) is 4.99. The fourth-order valence-corrected chi connectivity index (χ4v) is 1.27. The molecular weight excluding hydrogens is 219 g/mol. The number of ether oxygens (including phenoxy) is 1. The van der Waals surface area contributed by atoms with Gasteiger partial charge >= 0.3 is 0 Å². The molecule has 1 aromatic rings. The van der Waals surface area contributed by atoms with Gasteiger partial charge in [0.15, 0.2) is 5.78 Å². The Hall–Kier alpha value is -0.930. The van der Waals surface area contributed by atoms with Crippen molar-refractivity contribution in [2.45, 2.75) is 20.0 Å². The first kappa shape index (κ1) is 12.1. The molecule has 1 aromatic carbocycles. The summed E-state index contributed by atoms with van der Waals surface area (Å²) in [5.74, 6) is -0.903. The molecule has 0 bridgehead atoms. The van der Waals surface area contributed by atoms with E-state index in [0.29, 0.717) is 0 Å². The van der Waals surface area contributed by atoms with Gasteiger partial charge in [-0.25, -0.2) is 4.39 Å².